The van der Waals surface area contributed by atoms with Crippen LogP contribution in [0.4, 0.5) is 0 Å². The molecule has 0 radical (unpaired) electrons. The third-order valence-electron chi connectivity index (χ3n) is 8.93. The van der Waals surface area contributed by atoms with Gasteiger partial charge in [-0.3, -0.25) is 9.35 Å². The first-order valence-corrected chi connectivity index (χ1v) is 21.8. The zero-order chi connectivity index (χ0) is 39.7. The molecule has 0 bridgehead atoms. The van der Waals surface area contributed by atoms with Crippen molar-refractivity contribution in [3.63, 3.8) is 0 Å². The largest absolute Gasteiger partial charge is 0.457 e. The number of unbranched alkanes of at least 4 members (excludes halogenated alkanes) is 13. The Labute approximate surface area is 326 Å². The maximum Gasteiger partial charge on any atom is 0.397 e. The third-order valence-corrected chi connectivity index (χ3v) is 9.40. The summed E-state index contributed by atoms with van der Waals surface area (Å²) in [6.07, 6.45) is 28.7. The molecule has 1 aliphatic rings. The molecule has 0 amide bonds. The summed E-state index contributed by atoms with van der Waals surface area (Å²) in [6, 6.07) is 0. The molecule has 0 saturated carbocycles. The molecular formula is C41H72O12S. The van der Waals surface area contributed by atoms with Crippen LogP contribution in [-0.4, -0.2) is 97.5 Å². The Bertz CT molecular complexity index is 1140. The Hall–Kier alpha value is -1.94. The quantitative estimate of drug-likeness (QED) is 0.0217. The van der Waals surface area contributed by atoms with Crippen molar-refractivity contribution in [2.24, 2.45) is 0 Å². The van der Waals surface area contributed by atoms with Gasteiger partial charge in [-0.1, -0.05) is 120 Å². The molecule has 13 heteroatoms. The Morgan fingerprint density at radius 1 is 0.722 bits per heavy atom. The van der Waals surface area contributed by atoms with Crippen LogP contribution >= 0.6 is 0 Å². The van der Waals surface area contributed by atoms with Crippen LogP contribution in [0.15, 0.2) is 48.6 Å². The lowest BCUT2D eigenvalue weighted by Gasteiger charge is -2.41. The van der Waals surface area contributed by atoms with Crippen LogP contribution < -0.4 is 0 Å². The summed E-state index contributed by atoms with van der Waals surface area (Å²) in [4.78, 5) is 12.8. The van der Waals surface area contributed by atoms with Gasteiger partial charge in [-0.2, -0.15) is 8.42 Å². The van der Waals surface area contributed by atoms with Gasteiger partial charge in [-0.05, 0) is 64.2 Å². The molecule has 314 valence electrons. The van der Waals surface area contributed by atoms with Crippen molar-refractivity contribution in [1.29, 1.82) is 0 Å². The van der Waals surface area contributed by atoms with Gasteiger partial charge in [0.2, 0.25) is 0 Å². The summed E-state index contributed by atoms with van der Waals surface area (Å²) in [6.45, 7) is 3.77. The highest BCUT2D eigenvalue weighted by atomic mass is 32.3. The van der Waals surface area contributed by atoms with Gasteiger partial charge in [0.25, 0.3) is 0 Å². The Morgan fingerprint density at radius 3 is 1.89 bits per heavy atom. The number of carbonyl (C=O) groups is 1. The van der Waals surface area contributed by atoms with Crippen LogP contribution in [0.5, 0.6) is 0 Å². The fourth-order valence-corrected chi connectivity index (χ4v) is 6.35. The molecule has 0 aromatic rings. The van der Waals surface area contributed by atoms with Crippen LogP contribution in [0.25, 0.3) is 0 Å². The van der Waals surface area contributed by atoms with Gasteiger partial charge >= 0.3 is 16.4 Å². The van der Waals surface area contributed by atoms with E-state index in [0.717, 1.165) is 89.9 Å². The molecule has 12 nitrogen and oxygen atoms in total. The maximum absolute atomic E-state index is 12.8. The van der Waals surface area contributed by atoms with E-state index in [2.05, 4.69) is 66.6 Å². The van der Waals surface area contributed by atoms with Gasteiger partial charge in [0.05, 0.1) is 19.8 Å². The van der Waals surface area contributed by atoms with Crippen molar-refractivity contribution < 1.29 is 56.2 Å². The summed E-state index contributed by atoms with van der Waals surface area (Å²) >= 11 is 0. The van der Waals surface area contributed by atoms with E-state index in [0.29, 0.717) is 13.0 Å². The summed E-state index contributed by atoms with van der Waals surface area (Å²) in [5, 5.41) is 30.6. The number of allylic oxidation sites excluding steroid dienone is 8. The van der Waals surface area contributed by atoms with Crippen molar-refractivity contribution in [3.8, 4) is 0 Å². The Morgan fingerprint density at radius 2 is 1.28 bits per heavy atom. The number of rotatable bonds is 34. The molecule has 0 aromatic carbocycles. The standard InChI is InChI=1S/C41H72O12S/c1-3-5-7-9-11-13-15-16-17-18-19-21-23-25-27-29-31-49-33-35(51-37(43)30-28-26-24-22-20-14-12-10-8-6-4-2)34-50-41-39(45)40(53-54(46,47)48)38(44)36(32-42)52-41/h5,7,10-13,16-17,35-36,38-42,44-45H,3-4,6,8-9,14-15,18-34H2,1-2H3,(H,46,47,48)/b7-5-,12-10-,13-11-,17-16-. The molecule has 0 aromatic heterocycles. The number of hydrogen-bond donors (Lipinski definition) is 4. The minimum Gasteiger partial charge on any atom is -0.457 e. The second-order valence-corrected chi connectivity index (χ2v) is 14.9. The van der Waals surface area contributed by atoms with E-state index >= 15 is 0 Å². The molecule has 54 heavy (non-hydrogen) atoms. The molecule has 1 saturated heterocycles. The van der Waals surface area contributed by atoms with Gasteiger partial charge in [0, 0.05) is 13.0 Å². The van der Waals surface area contributed by atoms with E-state index in [1.807, 2.05) is 0 Å². The second kappa shape index (κ2) is 33.2. The summed E-state index contributed by atoms with van der Waals surface area (Å²) in [5.41, 5.74) is 0. The van der Waals surface area contributed by atoms with Crippen LogP contribution in [0.2, 0.25) is 0 Å². The third kappa shape index (κ3) is 26.8. The zero-order valence-corrected chi connectivity index (χ0v) is 33.8. The first-order chi connectivity index (χ1) is 26.1. The van der Waals surface area contributed by atoms with Crippen molar-refractivity contribution in [3.05, 3.63) is 48.6 Å². The van der Waals surface area contributed by atoms with E-state index in [4.69, 9.17) is 23.5 Å². The SMILES string of the molecule is CC/C=C\C/C=C\C/C=C\CCCCCCCCOCC(COC1OC(CO)C(O)C(OS(=O)(=O)O)C1O)OC(=O)CCCCCCC/C=C\CCCC. The lowest BCUT2D eigenvalue weighted by molar-refractivity contribution is -0.301. The van der Waals surface area contributed by atoms with Crippen LogP contribution in [0.3, 0.4) is 0 Å². The number of hydrogen-bond acceptors (Lipinski definition) is 11. The van der Waals surface area contributed by atoms with Crippen LogP contribution in [-0.2, 0) is 38.3 Å². The first-order valence-electron chi connectivity index (χ1n) is 20.4. The molecular weight excluding hydrogens is 717 g/mol. The lowest BCUT2D eigenvalue weighted by Crippen LogP contribution is -2.60. The van der Waals surface area contributed by atoms with Gasteiger partial charge in [-0.15, -0.1) is 0 Å². The van der Waals surface area contributed by atoms with Gasteiger partial charge in [0.15, 0.2) is 6.29 Å². The molecule has 0 spiro atoms. The normalized spacial score (nSPS) is 21.6. The van der Waals surface area contributed by atoms with Crippen molar-refractivity contribution in [1.82, 2.24) is 0 Å². The van der Waals surface area contributed by atoms with Crippen molar-refractivity contribution in [2.45, 2.75) is 179 Å². The van der Waals surface area contributed by atoms with E-state index in [9.17, 15) is 28.5 Å². The van der Waals surface area contributed by atoms with Crippen LogP contribution in [0, 0.1) is 0 Å². The van der Waals surface area contributed by atoms with Gasteiger partial charge in [0.1, 0.15) is 30.5 Å². The number of aliphatic hydroxyl groups is 3. The highest BCUT2D eigenvalue weighted by Gasteiger charge is 2.48. The molecule has 4 N–H and O–H groups in total. The van der Waals surface area contributed by atoms with Crippen molar-refractivity contribution >= 4 is 16.4 Å². The summed E-state index contributed by atoms with van der Waals surface area (Å²) < 4.78 is 58.8. The molecule has 1 aliphatic heterocycles. The number of carbonyl (C=O) groups excluding carboxylic acids is 1. The Balaban J connectivity index is 2.49. The number of aliphatic hydroxyl groups excluding tert-OH is 3. The fraction of sp³-hybridized carbons (Fsp3) is 0.780. The predicted octanol–water partition coefficient (Wildman–Crippen LogP) is 7.63. The average molecular weight is 789 g/mol. The van der Waals surface area contributed by atoms with E-state index < -0.39 is 59.8 Å². The molecule has 6 unspecified atom stereocenters. The molecule has 1 fully saturated rings. The van der Waals surface area contributed by atoms with Gasteiger partial charge in [-0.25, -0.2) is 4.18 Å². The summed E-state index contributed by atoms with van der Waals surface area (Å²) in [7, 11) is -5.06. The smallest absolute Gasteiger partial charge is 0.397 e. The topological polar surface area (TPSA) is 178 Å². The minimum atomic E-state index is -5.06. The van der Waals surface area contributed by atoms with E-state index in [1.165, 1.54) is 25.7 Å². The van der Waals surface area contributed by atoms with E-state index in [-0.39, 0.29) is 19.6 Å². The van der Waals surface area contributed by atoms with Crippen molar-refractivity contribution in [2.75, 3.05) is 26.4 Å². The predicted molar refractivity (Wildman–Crippen MR) is 211 cm³/mol. The average Bonchev–Trinajstić information content (AvgIpc) is 3.14. The molecule has 0 aliphatic carbocycles. The maximum atomic E-state index is 12.8. The molecule has 6 atom stereocenters. The molecule has 1 heterocycles. The Kier molecular flexibility index (Phi) is 30.8. The fourth-order valence-electron chi connectivity index (χ4n) is 5.84. The number of ether oxygens (including phenoxy) is 4. The first kappa shape index (κ1) is 50.1. The summed E-state index contributed by atoms with van der Waals surface area (Å²) in [5.74, 6) is -0.418. The highest BCUT2D eigenvalue weighted by molar-refractivity contribution is 7.80. The monoisotopic (exact) mass is 788 g/mol. The van der Waals surface area contributed by atoms with Crippen LogP contribution in [0.1, 0.15) is 142 Å². The minimum absolute atomic E-state index is 0.0221. The number of esters is 1. The van der Waals surface area contributed by atoms with E-state index in [1.54, 1.807) is 0 Å². The van der Waals surface area contributed by atoms with Gasteiger partial charge < -0.3 is 34.3 Å². The zero-order valence-electron chi connectivity index (χ0n) is 33.0. The second-order valence-electron chi connectivity index (χ2n) is 13.8. The molecule has 1 rings (SSSR count). The lowest BCUT2D eigenvalue weighted by atomic mass is 9.99. The highest BCUT2D eigenvalue weighted by Crippen LogP contribution is 2.26.